The minimum absolute atomic E-state index is 0.127. The highest BCUT2D eigenvalue weighted by Crippen LogP contribution is 2.36. The first kappa shape index (κ1) is 10.2. The fourth-order valence-corrected chi connectivity index (χ4v) is 2.13. The molecule has 1 saturated carbocycles. The van der Waals surface area contributed by atoms with Crippen molar-refractivity contribution in [3.8, 4) is 0 Å². The number of hydrogen-bond acceptors (Lipinski definition) is 3. The van der Waals surface area contributed by atoms with E-state index in [-0.39, 0.29) is 24.2 Å². The molecule has 4 nitrogen and oxygen atoms in total. The van der Waals surface area contributed by atoms with E-state index in [1.165, 1.54) is 4.68 Å². The van der Waals surface area contributed by atoms with Crippen LogP contribution in [0, 0.1) is 5.95 Å². The van der Waals surface area contributed by atoms with Crippen LogP contribution in [0.4, 0.5) is 4.39 Å². The standard InChI is InChI=1S/C11H16FN3O/c1-7-4-13-6-10(16-7)9-5-14-15(11(9)12)8-2-3-8/h5,7-8,10,13H,2-4,6H2,1H3/t7-,10-/m1/s1. The number of halogens is 1. The van der Waals surface area contributed by atoms with E-state index in [1.807, 2.05) is 6.92 Å². The van der Waals surface area contributed by atoms with Gasteiger partial charge in [0.1, 0.15) is 6.10 Å². The second kappa shape index (κ2) is 3.82. The van der Waals surface area contributed by atoms with Crippen molar-refractivity contribution in [2.24, 2.45) is 0 Å². The first-order chi connectivity index (χ1) is 7.75. The van der Waals surface area contributed by atoms with E-state index in [4.69, 9.17) is 4.74 Å². The predicted molar refractivity (Wildman–Crippen MR) is 56.6 cm³/mol. The lowest BCUT2D eigenvalue weighted by molar-refractivity contribution is -0.0305. The third-order valence-corrected chi connectivity index (χ3v) is 3.16. The molecule has 2 fully saturated rings. The molecule has 0 spiro atoms. The van der Waals surface area contributed by atoms with Gasteiger partial charge in [0, 0.05) is 13.1 Å². The van der Waals surface area contributed by atoms with Gasteiger partial charge in [0.2, 0.25) is 5.95 Å². The fraction of sp³-hybridized carbons (Fsp3) is 0.727. The van der Waals surface area contributed by atoms with Crippen molar-refractivity contribution in [1.82, 2.24) is 15.1 Å². The third kappa shape index (κ3) is 1.74. The Kier molecular flexibility index (Phi) is 2.44. The van der Waals surface area contributed by atoms with Crippen LogP contribution in [0.5, 0.6) is 0 Å². The van der Waals surface area contributed by atoms with Crippen LogP contribution in [-0.2, 0) is 4.74 Å². The zero-order valence-corrected chi connectivity index (χ0v) is 9.32. The Morgan fingerprint density at radius 3 is 3.00 bits per heavy atom. The number of morpholine rings is 1. The zero-order chi connectivity index (χ0) is 11.1. The average Bonchev–Trinajstić information content (AvgIpc) is 3.03. The molecule has 2 heterocycles. The summed E-state index contributed by atoms with van der Waals surface area (Å²) in [5.74, 6) is -0.219. The summed E-state index contributed by atoms with van der Waals surface area (Å²) in [5.41, 5.74) is 0.589. The summed E-state index contributed by atoms with van der Waals surface area (Å²) in [5, 5.41) is 7.35. The SMILES string of the molecule is C[C@@H]1CNC[C@H](c2cnn(C3CC3)c2F)O1. The van der Waals surface area contributed by atoms with Gasteiger partial charge in [-0.15, -0.1) is 0 Å². The number of hydrogen-bond donors (Lipinski definition) is 1. The summed E-state index contributed by atoms with van der Waals surface area (Å²) in [7, 11) is 0. The van der Waals surface area contributed by atoms with Crippen molar-refractivity contribution in [3.63, 3.8) is 0 Å². The highest BCUT2D eigenvalue weighted by Gasteiger charge is 2.31. The lowest BCUT2D eigenvalue weighted by atomic mass is 10.1. The first-order valence-corrected chi connectivity index (χ1v) is 5.85. The lowest BCUT2D eigenvalue weighted by Crippen LogP contribution is -2.39. The number of aromatic nitrogens is 2. The summed E-state index contributed by atoms with van der Waals surface area (Å²) in [4.78, 5) is 0. The van der Waals surface area contributed by atoms with Crippen LogP contribution < -0.4 is 5.32 Å². The maximum Gasteiger partial charge on any atom is 0.217 e. The number of rotatable bonds is 2. The summed E-state index contributed by atoms with van der Waals surface area (Å²) in [6, 6.07) is 0.280. The van der Waals surface area contributed by atoms with E-state index in [9.17, 15) is 4.39 Å². The molecule has 5 heteroatoms. The smallest absolute Gasteiger partial charge is 0.217 e. The fourth-order valence-electron chi connectivity index (χ4n) is 2.13. The van der Waals surface area contributed by atoms with Crippen LogP contribution in [0.25, 0.3) is 0 Å². The van der Waals surface area contributed by atoms with E-state index >= 15 is 0 Å². The van der Waals surface area contributed by atoms with E-state index < -0.39 is 0 Å². The Balaban J connectivity index is 1.82. The molecule has 1 aliphatic heterocycles. The summed E-state index contributed by atoms with van der Waals surface area (Å²) in [6.45, 7) is 3.48. The molecule has 1 N–H and O–H groups in total. The molecular formula is C11H16FN3O. The highest BCUT2D eigenvalue weighted by atomic mass is 19.1. The van der Waals surface area contributed by atoms with Crippen molar-refractivity contribution < 1.29 is 9.13 Å². The molecule has 16 heavy (non-hydrogen) atoms. The lowest BCUT2D eigenvalue weighted by Gasteiger charge is -2.28. The first-order valence-electron chi connectivity index (χ1n) is 5.85. The molecule has 1 saturated heterocycles. The topological polar surface area (TPSA) is 39.1 Å². The van der Waals surface area contributed by atoms with Crippen molar-refractivity contribution in [2.45, 2.75) is 38.0 Å². The molecule has 2 aliphatic rings. The van der Waals surface area contributed by atoms with Crippen molar-refractivity contribution >= 4 is 0 Å². The molecule has 0 aromatic carbocycles. The minimum atomic E-state index is -0.219. The van der Waals surface area contributed by atoms with Gasteiger partial charge in [0.05, 0.1) is 23.9 Å². The van der Waals surface area contributed by atoms with Gasteiger partial charge in [-0.3, -0.25) is 0 Å². The normalized spacial score (nSPS) is 30.6. The highest BCUT2D eigenvalue weighted by molar-refractivity contribution is 5.13. The van der Waals surface area contributed by atoms with Gasteiger partial charge in [0.15, 0.2) is 0 Å². The van der Waals surface area contributed by atoms with Crippen molar-refractivity contribution in [1.29, 1.82) is 0 Å². The van der Waals surface area contributed by atoms with Gasteiger partial charge in [-0.05, 0) is 19.8 Å². The molecule has 1 aliphatic carbocycles. The second-order valence-electron chi connectivity index (χ2n) is 4.66. The van der Waals surface area contributed by atoms with Crippen LogP contribution in [0.15, 0.2) is 6.20 Å². The Labute approximate surface area is 93.8 Å². The van der Waals surface area contributed by atoms with Crippen LogP contribution in [0.3, 0.4) is 0 Å². The number of nitrogens with zero attached hydrogens (tertiary/aromatic N) is 2. The van der Waals surface area contributed by atoms with Crippen LogP contribution in [0.2, 0.25) is 0 Å². The quantitative estimate of drug-likeness (QED) is 0.827. The molecular weight excluding hydrogens is 209 g/mol. The molecule has 0 unspecified atom stereocenters. The molecule has 2 atom stereocenters. The van der Waals surface area contributed by atoms with E-state index in [1.54, 1.807) is 6.20 Å². The molecule has 1 aromatic heterocycles. The molecule has 0 radical (unpaired) electrons. The Morgan fingerprint density at radius 2 is 2.31 bits per heavy atom. The van der Waals surface area contributed by atoms with Crippen molar-refractivity contribution in [2.75, 3.05) is 13.1 Å². The number of ether oxygens (including phenoxy) is 1. The van der Waals surface area contributed by atoms with Gasteiger partial charge in [-0.2, -0.15) is 9.49 Å². The predicted octanol–water partition coefficient (Wildman–Crippen LogP) is 1.41. The van der Waals surface area contributed by atoms with Gasteiger partial charge in [0.25, 0.3) is 0 Å². The largest absolute Gasteiger partial charge is 0.368 e. The van der Waals surface area contributed by atoms with Crippen LogP contribution in [0.1, 0.15) is 37.5 Å². The summed E-state index contributed by atoms with van der Waals surface area (Å²) < 4.78 is 21.2. The van der Waals surface area contributed by atoms with Gasteiger partial charge in [-0.1, -0.05) is 0 Å². The monoisotopic (exact) mass is 225 g/mol. The van der Waals surface area contributed by atoms with Crippen LogP contribution in [-0.4, -0.2) is 29.0 Å². The molecule has 0 bridgehead atoms. The molecule has 0 amide bonds. The molecule has 3 rings (SSSR count). The maximum atomic E-state index is 14.0. The van der Waals surface area contributed by atoms with Gasteiger partial charge < -0.3 is 10.1 Å². The van der Waals surface area contributed by atoms with Gasteiger partial charge in [-0.25, -0.2) is 4.68 Å². The van der Waals surface area contributed by atoms with E-state index in [2.05, 4.69) is 10.4 Å². The van der Waals surface area contributed by atoms with Gasteiger partial charge >= 0.3 is 0 Å². The zero-order valence-electron chi connectivity index (χ0n) is 9.32. The Hall–Kier alpha value is -0.940. The minimum Gasteiger partial charge on any atom is -0.368 e. The second-order valence-corrected chi connectivity index (χ2v) is 4.66. The molecule has 1 aromatic rings. The van der Waals surface area contributed by atoms with Crippen molar-refractivity contribution in [3.05, 3.63) is 17.7 Å². The maximum absolute atomic E-state index is 14.0. The Bertz CT molecular complexity index is 389. The molecule has 88 valence electrons. The summed E-state index contributed by atoms with van der Waals surface area (Å²) in [6.07, 6.45) is 3.62. The van der Waals surface area contributed by atoms with E-state index in [0.29, 0.717) is 12.1 Å². The Morgan fingerprint density at radius 1 is 1.50 bits per heavy atom. The van der Waals surface area contributed by atoms with E-state index in [0.717, 1.165) is 19.4 Å². The summed E-state index contributed by atoms with van der Waals surface area (Å²) >= 11 is 0. The third-order valence-electron chi connectivity index (χ3n) is 3.16. The number of nitrogens with one attached hydrogen (secondary N) is 1. The average molecular weight is 225 g/mol. The van der Waals surface area contributed by atoms with Crippen LogP contribution >= 0.6 is 0 Å².